The first-order chi connectivity index (χ1) is 20.0. The Hall–Kier alpha value is -4.69. The van der Waals surface area contributed by atoms with Crippen LogP contribution in [0, 0.1) is 0 Å². The lowest BCUT2D eigenvalue weighted by molar-refractivity contribution is 0.0972. The summed E-state index contributed by atoms with van der Waals surface area (Å²) in [6.07, 6.45) is 4.32. The van der Waals surface area contributed by atoms with Gasteiger partial charge in [-0.05, 0) is 79.3 Å². The van der Waals surface area contributed by atoms with Crippen LogP contribution in [0.3, 0.4) is 0 Å². The number of nitrogens with one attached hydrogen (secondary N) is 4. The number of unbranched alkanes of at least 4 members (excludes halogenated alkanes) is 3. The van der Waals surface area contributed by atoms with Gasteiger partial charge in [0.1, 0.15) is 5.75 Å². The monoisotopic (exact) mass is 566 g/mol. The average molecular weight is 567 g/mol. The number of ether oxygens (including phenoxy) is 1. The van der Waals surface area contributed by atoms with Crippen molar-refractivity contribution in [2.24, 2.45) is 0 Å². The van der Waals surface area contributed by atoms with E-state index in [1.807, 2.05) is 60.7 Å². The standard InChI is InChI=1S/C33H34N4O3S/c1-2-3-4-12-23-40-30-18-11-9-16-28(30)32(39)37-33(41)36-29-17-10-8-15-27(29)31(38)35-26-21-19-25(20-22-26)34-24-13-6-5-7-14-24/h5-11,13-22,34H,2-4,12,23H2,1H3,(H,35,38)(H2,36,37,39,41). The summed E-state index contributed by atoms with van der Waals surface area (Å²) in [5.41, 5.74) is 3.77. The van der Waals surface area contributed by atoms with Gasteiger partial charge in [-0.2, -0.15) is 0 Å². The van der Waals surface area contributed by atoms with E-state index in [0.29, 0.717) is 34.9 Å². The van der Waals surface area contributed by atoms with Crippen molar-refractivity contribution in [3.8, 4) is 5.75 Å². The number of hydrogen-bond donors (Lipinski definition) is 4. The maximum atomic E-state index is 13.1. The van der Waals surface area contributed by atoms with Crippen molar-refractivity contribution in [1.82, 2.24) is 5.32 Å². The molecule has 4 aromatic carbocycles. The zero-order chi connectivity index (χ0) is 28.9. The smallest absolute Gasteiger partial charge is 0.261 e. The molecule has 0 unspecified atom stereocenters. The van der Waals surface area contributed by atoms with Gasteiger partial charge in [0.05, 0.1) is 23.4 Å². The summed E-state index contributed by atoms with van der Waals surface area (Å²) in [6.45, 7) is 2.70. The largest absolute Gasteiger partial charge is 0.493 e. The number of hydrogen-bond acceptors (Lipinski definition) is 5. The Balaban J connectivity index is 1.35. The van der Waals surface area contributed by atoms with Crippen molar-refractivity contribution in [2.75, 3.05) is 22.6 Å². The molecule has 0 aliphatic heterocycles. The Morgan fingerprint density at radius 3 is 2.05 bits per heavy atom. The van der Waals surface area contributed by atoms with Crippen LogP contribution in [0.15, 0.2) is 103 Å². The Morgan fingerprint density at radius 2 is 1.29 bits per heavy atom. The Kier molecular flexibility index (Phi) is 10.9. The van der Waals surface area contributed by atoms with Gasteiger partial charge in [0, 0.05) is 17.1 Å². The van der Waals surface area contributed by atoms with Crippen LogP contribution in [-0.4, -0.2) is 23.5 Å². The molecule has 0 aliphatic carbocycles. The van der Waals surface area contributed by atoms with Crippen LogP contribution >= 0.6 is 12.2 Å². The molecule has 4 N–H and O–H groups in total. The van der Waals surface area contributed by atoms with Gasteiger partial charge in [0.15, 0.2) is 5.11 Å². The number of amides is 2. The van der Waals surface area contributed by atoms with E-state index < -0.39 is 5.91 Å². The maximum absolute atomic E-state index is 13.1. The fraction of sp³-hybridized carbons (Fsp3) is 0.182. The van der Waals surface area contributed by atoms with Gasteiger partial charge in [-0.25, -0.2) is 0 Å². The molecule has 0 spiro atoms. The molecular weight excluding hydrogens is 532 g/mol. The minimum absolute atomic E-state index is 0.0735. The molecule has 0 heterocycles. The summed E-state index contributed by atoms with van der Waals surface area (Å²) < 4.78 is 5.87. The number of rotatable bonds is 12. The molecule has 210 valence electrons. The van der Waals surface area contributed by atoms with E-state index in [-0.39, 0.29) is 11.0 Å². The SMILES string of the molecule is CCCCCCOc1ccccc1C(=O)NC(=S)Nc1ccccc1C(=O)Nc1ccc(Nc2ccccc2)cc1. The molecule has 7 nitrogen and oxygen atoms in total. The van der Waals surface area contributed by atoms with Gasteiger partial charge in [-0.1, -0.05) is 68.7 Å². The van der Waals surface area contributed by atoms with E-state index in [0.717, 1.165) is 37.1 Å². The summed E-state index contributed by atoms with van der Waals surface area (Å²) in [7, 11) is 0. The first-order valence-electron chi connectivity index (χ1n) is 13.7. The first-order valence-corrected chi connectivity index (χ1v) is 14.1. The Morgan fingerprint density at radius 1 is 0.659 bits per heavy atom. The number of thiocarbonyl (C=S) groups is 1. The van der Waals surface area contributed by atoms with Crippen LogP contribution in [0.5, 0.6) is 5.75 Å². The number of carbonyl (C=O) groups excluding carboxylic acids is 2. The molecule has 4 rings (SSSR count). The maximum Gasteiger partial charge on any atom is 0.261 e. The lowest BCUT2D eigenvalue weighted by Gasteiger charge is -2.15. The normalized spacial score (nSPS) is 10.4. The number of anilines is 4. The van der Waals surface area contributed by atoms with Gasteiger partial charge in [0.25, 0.3) is 11.8 Å². The zero-order valence-electron chi connectivity index (χ0n) is 23.0. The molecule has 41 heavy (non-hydrogen) atoms. The highest BCUT2D eigenvalue weighted by Gasteiger charge is 2.16. The summed E-state index contributed by atoms with van der Waals surface area (Å²) in [5.74, 6) is -0.195. The first kappa shape index (κ1) is 29.3. The van der Waals surface area contributed by atoms with Gasteiger partial charge >= 0.3 is 0 Å². The second kappa shape index (κ2) is 15.2. The number of para-hydroxylation sites is 3. The molecule has 0 aliphatic rings. The quantitative estimate of drug-likeness (QED) is 0.103. The highest BCUT2D eigenvalue weighted by atomic mass is 32.1. The molecule has 0 saturated heterocycles. The van der Waals surface area contributed by atoms with E-state index in [9.17, 15) is 9.59 Å². The van der Waals surface area contributed by atoms with Crippen LogP contribution in [0.2, 0.25) is 0 Å². The van der Waals surface area contributed by atoms with Crippen molar-refractivity contribution in [2.45, 2.75) is 32.6 Å². The second-order valence-corrected chi connectivity index (χ2v) is 9.79. The molecule has 2 amide bonds. The molecule has 0 fully saturated rings. The Bertz CT molecular complexity index is 1460. The summed E-state index contributed by atoms with van der Waals surface area (Å²) in [5, 5.41) is 12.0. The molecule has 0 saturated carbocycles. The zero-order valence-corrected chi connectivity index (χ0v) is 23.8. The molecule has 8 heteroatoms. The second-order valence-electron chi connectivity index (χ2n) is 9.38. The van der Waals surface area contributed by atoms with Gasteiger partial charge < -0.3 is 20.7 Å². The lowest BCUT2D eigenvalue weighted by Crippen LogP contribution is -2.35. The molecule has 0 radical (unpaired) electrons. The van der Waals surface area contributed by atoms with Crippen LogP contribution in [0.1, 0.15) is 53.3 Å². The number of carbonyl (C=O) groups is 2. The van der Waals surface area contributed by atoms with Crippen molar-refractivity contribution < 1.29 is 14.3 Å². The van der Waals surface area contributed by atoms with E-state index in [1.54, 1.807) is 42.5 Å². The van der Waals surface area contributed by atoms with E-state index in [4.69, 9.17) is 17.0 Å². The minimum atomic E-state index is -0.391. The van der Waals surface area contributed by atoms with Gasteiger partial charge in [-0.3, -0.25) is 14.9 Å². The minimum Gasteiger partial charge on any atom is -0.493 e. The third-order valence-corrected chi connectivity index (χ3v) is 6.44. The summed E-state index contributed by atoms with van der Waals surface area (Å²) in [6, 6.07) is 31.3. The van der Waals surface area contributed by atoms with Crippen LogP contribution in [-0.2, 0) is 0 Å². The topological polar surface area (TPSA) is 91.5 Å². The third-order valence-electron chi connectivity index (χ3n) is 6.24. The van der Waals surface area contributed by atoms with Crippen molar-refractivity contribution in [3.63, 3.8) is 0 Å². The van der Waals surface area contributed by atoms with E-state index in [2.05, 4.69) is 28.2 Å². The highest BCUT2D eigenvalue weighted by Crippen LogP contribution is 2.22. The fourth-order valence-electron chi connectivity index (χ4n) is 4.13. The number of benzene rings is 4. The molecule has 0 bridgehead atoms. The van der Waals surface area contributed by atoms with E-state index in [1.165, 1.54) is 0 Å². The molecule has 0 atom stereocenters. The van der Waals surface area contributed by atoms with Crippen LogP contribution in [0.4, 0.5) is 22.7 Å². The predicted octanol–water partition coefficient (Wildman–Crippen LogP) is 7.77. The highest BCUT2D eigenvalue weighted by molar-refractivity contribution is 7.80. The van der Waals surface area contributed by atoms with Gasteiger partial charge in [0.2, 0.25) is 0 Å². The summed E-state index contributed by atoms with van der Waals surface area (Å²) >= 11 is 5.41. The predicted molar refractivity (Wildman–Crippen MR) is 170 cm³/mol. The van der Waals surface area contributed by atoms with Crippen molar-refractivity contribution in [3.05, 3.63) is 114 Å². The van der Waals surface area contributed by atoms with Crippen molar-refractivity contribution >= 4 is 51.9 Å². The lowest BCUT2D eigenvalue weighted by atomic mass is 10.1. The van der Waals surface area contributed by atoms with Crippen LogP contribution in [0.25, 0.3) is 0 Å². The van der Waals surface area contributed by atoms with Crippen LogP contribution < -0.4 is 26.0 Å². The Labute approximate surface area is 246 Å². The molecule has 4 aromatic rings. The molecular formula is C33H34N4O3S. The average Bonchev–Trinajstić information content (AvgIpc) is 2.99. The van der Waals surface area contributed by atoms with E-state index >= 15 is 0 Å². The van der Waals surface area contributed by atoms with Crippen molar-refractivity contribution in [1.29, 1.82) is 0 Å². The molecule has 0 aromatic heterocycles. The third kappa shape index (κ3) is 8.91. The van der Waals surface area contributed by atoms with Gasteiger partial charge in [-0.15, -0.1) is 0 Å². The fourth-order valence-corrected chi connectivity index (χ4v) is 4.33. The summed E-state index contributed by atoms with van der Waals surface area (Å²) in [4.78, 5) is 26.1.